The Kier molecular flexibility index (Phi) is 4.99. The average molecular weight is 362 g/mol. The molecule has 0 aliphatic carbocycles. The third kappa shape index (κ3) is 3.31. The van der Waals surface area contributed by atoms with E-state index in [1.54, 1.807) is 6.07 Å². The summed E-state index contributed by atoms with van der Waals surface area (Å²) in [6, 6.07) is 2.72. The topological polar surface area (TPSA) is 100 Å². The van der Waals surface area contributed by atoms with E-state index in [0.717, 1.165) is 18.9 Å². The average Bonchev–Trinajstić information content (AvgIpc) is 2.56. The monoisotopic (exact) mass is 362 g/mol. The van der Waals surface area contributed by atoms with E-state index < -0.39 is 23.7 Å². The van der Waals surface area contributed by atoms with Gasteiger partial charge in [0.15, 0.2) is 5.43 Å². The summed E-state index contributed by atoms with van der Waals surface area (Å²) in [5.41, 5.74) is -0.624. The van der Waals surface area contributed by atoms with E-state index in [4.69, 9.17) is 9.15 Å². The number of aliphatic hydroxyl groups excluding tert-OH is 2. The molecule has 3 rings (SSSR count). The van der Waals surface area contributed by atoms with Crippen molar-refractivity contribution in [3.63, 3.8) is 0 Å². The molecule has 2 aromatic rings. The summed E-state index contributed by atoms with van der Waals surface area (Å²) in [7, 11) is 0. The summed E-state index contributed by atoms with van der Waals surface area (Å²) < 4.78 is 11.6. The Morgan fingerprint density at radius 1 is 1.35 bits per heavy atom. The fourth-order valence-corrected chi connectivity index (χ4v) is 3.54. The molecule has 2 heterocycles. The number of fused-ring (bicyclic) bond motifs is 2. The van der Waals surface area contributed by atoms with E-state index in [1.165, 1.54) is 0 Å². The second-order valence-electron chi connectivity index (χ2n) is 7.73. The predicted octanol–water partition coefficient (Wildman–Crippen LogP) is 2.87. The Morgan fingerprint density at radius 3 is 2.73 bits per heavy atom. The molecule has 1 aromatic carbocycles. The van der Waals surface area contributed by atoms with E-state index in [0.29, 0.717) is 23.7 Å². The molecule has 6 nitrogen and oxygen atoms in total. The lowest BCUT2D eigenvalue weighted by molar-refractivity contribution is -0.0613. The highest BCUT2D eigenvalue weighted by Gasteiger charge is 2.41. The smallest absolute Gasteiger partial charge is 0.196 e. The van der Waals surface area contributed by atoms with Gasteiger partial charge in [0.1, 0.15) is 40.4 Å². The summed E-state index contributed by atoms with van der Waals surface area (Å²) in [6.07, 6.45) is 2.07. The van der Waals surface area contributed by atoms with E-state index in [-0.39, 0.29) is 28.9 Å². The van der Waals surface area contributed by atoms with E-state index in [9.17, 15) is 20.1 Å². The minimum atomic E-state index is -0.783. The van der Waals surface area contributed by atoms with Gasteiger partial charge in [0.05, 0.1) is 6.10 Å². The summed E-state index contributed by atoms with van der Waals surface area (Å²) in [6.45, 7) is 5.76. The first kappa shape index (κ1) is 18.7. The quantitative estimate of drug-likeness (QED) is 0.756. The zero-order chi connectivity index (χ0) is 19.1. The molecular weight excluding hydrogens is 336 g/mol. The van der Waals surface area contributed by atoms with Crippen LogP contribution in [-0.2, 0) is 13.0 Å². The van der Waals surface area contributed by atoms with Gasteiger partial charge >= 0.3 is 0 Å². The van der Waals surface area contributed by atoms with Crippen LogP contribution in [-0.4, -0.2) is 27.0 Å². The summed E-state index contributed by atoms with van der Waals surface area (Å²) in [4.78, 5) is 12.2. The Hall–Kier alpha value is -2.05. The minimum absolute atomic E-state index is 0.0418. The molecule has 0 amide bonds. The van der Waals surface area contributed by atoms with Crippen LogP contribution in [0.25, 0.3) is 11.0 Å². The summed E-state index contributed by atoms with van der Waals surface area (Å²) >= 11 is 0. The number of phenolic OH excluding ortho intramolecular Hbond substituents is 1. The van der Waals surface area contributed by atoms with Crippen molar-refractivity contribution in [1.82, 2.24) is 0 Å². The molecule has 1 aliphatic heterocycles. The lowest BCUT2D eigenvalue weighted by Crippen LogP contribution is -2.49. The Bertz CT molecular complexity index is 869. The highest BCUT2D eigenvalue weighted by molar-refractivity contribution is 5.87. The Labute approximate surface area is 152 Å². The molecule has 26 heavy (non-hydrogen) atoms. The number of ether oxygens (including phenoxy) is 1. The maximum absolute atomic E-state index is 12.2. The van der Waals surface area contributed by atoms with Crippen LogP contribution in [0.2, 0.25) is 0 Å². The fourth-order valence-electron chi connectivity index (χ4n) is 3.54. The molecule has 2 atom stereocenters. The van der Waals surface area contributed by atoms with Crippen molar-refractivity contribution in [2.45, 2.75) is 64.8 Å². The molecule has 0 spiro atoms. The van der Waals surface area contributed by atoms with Gasteiger partial charge in [0, 0.05) is 24.1 Å². The highest BCUT2D eigenvalue weighted by atomic mass is 16.5. The molecular formula is C20H26O6. The van der Waals surface area contributed by atoms with Crippen LogP contribution < -0.4 is 10.2 Å². The second kappa shape index (κ2) is 6.93. The van der Waals surface area contributed by atoms with Crippen LogP contribution in [0.5, 0.6) is 11.5 Å². The highest BCUT2D eigenvalue weighted by Crippen LogP contribution is 2.43. The molecule has 0 unspecified atom stereocenters. The first-order valence-corrected chi connectivity index (χ1v) is 9.04. The van der Waals surface area contributed by atoms with Gasteiger partial charge in [-0.1, -0.05) is 20.3 Å². The fraction of sp³-hybridized carbons (Fsp3) is 0.550. The van der Waals surface area contributed by atoms with Crippen LogP contribution in [0.1, 0.15) is 51.4 Å². The third-order valence-corrected chi connectivity index (χ3v) is 5.16. The SMILES string of the molecule is CC(C)CCC[C@]1(C)Oc2cc3oc(CO)cc(=O)c3c(O)c2C[C@H]1O. The second-order valence-corrected chi connectivity index (χ2v) is 7.73. The molecule has 0 saturated heterocycles. The molecule has 0 radical (unpaired) electrons. The number of benzene rings is 1. The van der Waals surface area contributed by atoms with Gasteiger partial charge in [-0.3, -0.25) is 4.79 Å². The van der Waals surface area contributed by atoms with Gasteiger partial charge in [0.25, 0.3) is 0 Å². The van der Waals surface area contributed by atoms with Gasteiger partial charge in [-0.05, 0) is 25.7 Å². The maximum atomic E-state index is 12.2. The van der Waals surface area contributed by atoms with E-state index in [2.05, 4.69) is 13.8 Å². The molecule has 0 bridgehead atoms. The molecule has 0 saturated carbocycles. The Morgan fingerprint density at radius 2 is 2.08 bits per heavy atom. The zero-order valence-electron chi connectivity index (χ0n) is 15.4. The molecule has 0 fully saturated rings. The van der Waals surface area contributed by atoms with Crippen molar-refractivity contribution in [3.8, 4) is 11.5 Å². The van der Waals surface area contributed by atoms with Gasteiger partial charge in [-0.25, -0.2) is 0 Å². The number of hydrogen-bond acceptors (Lipinski definition) is 6. The largest absolute Gasteiger partial charge is 0.507 e. The van der Waals surface area contributed by atoms with Crippen molar-refractivity contribution in [2.24, 2.45) is 5.92 Å². The minimum Gasteiger partial charge on any atom is -0.507 e. The molecule has 1 aromatic heterocycles. The molecule has 142 valence electrons. The number of aliphatic hydroxyl groups is 2. The summed E-state index contributed by atoms with van der Waals surface area (Å²) in [5.74, 6) is 0.882. The van der Waals surface area contributed by atoms with Crippen LogP contribution in [0.4, 0.5) is 0 Å². The number of aromatic hydroxyl groups is 1. The van der Waals surface area contributed by atoms with Gasteiger partial charge in [-0.15, -0.1) is 0 Å². The first-order chi connectivity index (χ1) is 12.2. The molecule has 3 N–H and O–H groups in total. The van der Waals surface area contributed by atoms with E-state index in [1.807, 2.05) is 6.92 Å². The van der Waals surface area contributed by atoms with Crippen molar-refractivity contribution >= 4 is 11.0 Å². The normalized spacial score (nSPS) is 22.5. The molecule has 1 aliphatic rings. The Balaban J connectivity index is 2.02. The first-order valence-electron chi connectivity index (χ1n) is 9.04. The van der Waals surface area contributed by atoms with Crippen molar-refractivity contribution in [2.75, 3.05) is 0 Å². The summed E-state index contributed by atoms with van der Waals surface area (Å²) in [5, 5.41) is 30.5. The van der Waals surface area contributed by atoms with Crippen LogP contribution in [0.3, 0.4) is 0 Å². The lowest BCUT2D eigenvalue weighted by Gasteiger charge is -2.40. The van der Waals surface area contributed by atoms with Gasteiger partial charge < -0.3 is 24.5 Å². The number of rotatable bonds is 5. The number of hydrogen-bond donors (Lipinski definition) is 3. The van der Waals surface area contributed by atoms with Crippen molar-refractivity contribution in [1.29, 1.82) is 0 Å². The maximum Gasteiger partial charge on any atom is 0.196 e. The van der Waals surface area contributed by atoms with Crippen molar-refractivity contribution in [3.05, 3.63) is 33.7 Å². The number of phenols is 1. The zero-order valence-corrected chi connectivity index (χ0v) is 15.4. The standard InChI is InChI=1S/C20H26O6/c1-11(2)5-4-6-20(3)17(23)8-13-15(26-20)9-16-18(19(13)24)14(22)7-12(10-21)25-16/h7,9,11,17,21,23-24H,4-6,8,10H2,1-3H3/t17-,20+/m1/s1. The van der Waals surface area contributed by atoms with Crippen LogP contribution >= 0.6 is 0 Å². The van der Waals surface area contributed by atoms with Crippen molar-refractivity contribution < 1.29 is 24.5 Å². The third-order valence-electron chi connectivity index (χ3n) is 5.16. The molecule has 6 heteroatoms. The lowest BCUT2D eigenvalue weighted by atomic mass is 9.84. The van der Waals surface area contributed by atoms with Gasteiger partial charge in [0.2, 0.25) is 0 Å². The predicted molar refractivity (Wildman–Crippen MR) is 97.5 cm³/mol. The van der Waals surface area contributed by atoms with E-state index >= 15 is 0 Å². The van der Waals surface area contributed by atoms with Gasteiger partial charge in [-0.2, -0.15) is 0 Å². The van der Waals surface area contributed by atoms with Crippen LogP contribution in [0, 0.1) is 5.92 Å². The van der Waals surface area contributed by atoms with Crippen LogP contribution in [0.15, 0.2) is 21.3 Å².